The molecule has 4 nitrogen and oxygen atoms in total. The first kappa shape index (κ1) is 19.8. The molecule has 0 atom stereocenters. The van der Waals surface area contributed by atoms with Gasteiger partial charge in [0.2, 0.25) is 0 Å². The van der Waals surface area contributed by atoms with Crippen LogP contribution in [0.15, 0.2) is 18.2 Å². The number of phenolic OH excluding ortho intramolecular Hbond substituents is 2. The zero-order valence-electron chi connectivity index (χ0n) is 14.8. The standard InChI is InChI=1S/C19H32O4/c1-4-7-8-9-10-11-15-19(22-5-2,23-6-3)16-13-12-14-17(20)18(16)21/h12-14,20-21H,4-11,15H2,1-3H3. The lowest BCUT2D eigenvalue weighted by molar-refractivity contribution is -0.248. The first-order chi connectivity index (χ1) is 11.1. The molecule has 132 valence electrons. The second kappa shape index (κ2) is 10.5. The number of benzene rings is 1. The van der Waals surface area contributed by atoms with Crippen molar-refractivity contribution >= 4 is 0 Å². The van der Waals surface area contributed by atoms with Gasteiger partial charge in [-0.25, -0.2) is 0 Å². The number of rotatable bonds is 12. The average Bonchev–Trinajstić information content (AvgIpc) is 2.53. The van der Waals surface area contributed by atoms with Gasteiger partial charge in [0, 0.05) is 19.6 Å². The topological polar surface area (TPSA) is 58.9 Å². The molecule has 0 aliphatic carbocycles. The largest absolute Gasteiger partial charge is 0.504 e. The summed E-state index contributed by atoms with van der Waals surface area (Å²) in [7, 11) is 0. The van der Waals surface area contributed by atoms with Gasteiger partial charge in [-0.3, -0.25) is 0 Å². The van der Waals surface area contributed by atoms with Crippen LogP contribution in [0.2, 0.25) is 0 Å². The quantitative estimate of drug-likeness (QED) is 0.320. The summed E-state index contributed by atoms with van der Waals surface area (Å²) in [5.74, 6) is -1.29. The predicted molar refractivity (Wildman–Crippen MR) is 92.7 cm³/mol. The summed E-state index contributed by atoms with van der Waals surface area (Å²) >= 11 is 0. The smallest absolute Gasteiger partial charge is 0.198 e. The van der Waals surface area contributed by atoms with E-state index in [0.29, 0.717) is 25.2 Å². The molecule has 1 rings (SSSR count). The fourth-order valence-corrected chi connectivity index (χ4v) is 2.92. The Labute approximate surface area is 140 Å². The van der Waals surface area contributed by atoms with Crippen molar-refractivity contribution in [2.45, 2.75) is 71.5 Å². The number of para-hydroxylation sites is 1. The van der Waals surface area contributed by atoms with Crippen LogP contribution in [0, 0.1) is 0 Å². The van der Waals surface area contributed by atoms with E-state index in [2.05, 4.69) is 6.92 Å². The molecule has 0 unspecified atom stereocenters. The van der Waals surface area contributed by atoms with Crippen LogP contribution in [0.5, 0.6) is 11.5 Å². The van der Waals surface area contributed by atoms with Gasteiger partial charge >= 0.3 is 0 Å². The molecule has 23 heavy (non-hydrogen) atoms. The monoisotopic (exact) mass is 324 g/mol. The summed E-state index contributed by atoms with van der Waals surface area (Å²) in [5, 5.41) is 20.1. The normalized spacial score (nSPS) is 11.8. The minimum atomic E-state index is -0.989. The highest BCUT2D eigenvalue weighted by Gasteiger charge is 2.36. The van der Waals surface area contributed by atoms with Crippen LogP contribution in [0.4, 0.5) is 0 Å². The van der Waals surface area contributed by atoms with E-state index in [1.54, 1.807) is 12.1 Å². The molecule has 0 saturated heterocycles. The lowest BCUT2D eigenvalue weighted by Crippen LogP contribution is -2.33. The van der Waals surface area contributed by atoms with Gasteiger partial charge in [0.05, 0.1) is 5.56 Å². The van der Waals surface area contributed by atoms with Gasteiger partial charge in [-0.05, 0) is 32.4 Å². The summed E-state index contributed by atoms with van der Waals surface area (Å²) in [6, 6.07) is 4.93. The van der Waals surface area contributed by atoms with E-state index >= 15 is 0 Å². The Bertz CT molecular complexity index is 439. The second-order valence-corrected chi connectivity index (χ2v) is 5.81. The van der Waals surface area contributed by atoms with E-state index in [-0.39, 0.29) is 11.5 Å². The molecule has 1 aromatic rings. The van der Waals surface area contributed by atoms with E-state index in [9.17, 15) is 10.2 Å². The van der Waals surface area contributed by atoms with Crippen LogP contribution in [0.25, 0.3) is 0 Å². The van der Waals surface area contributed by atoms with Gasteiger partial charge in [0.1, 0.15) is 0 Å². The van der Waals surface area contributed by atoms with Crippen LogP contribution >= 0.6 is 0 Å². The molecule has 0 bridgehead atoms. The lowest BCUT2D eigenvalue weighted by Gasteiger charge is -2.34. The fourth-order valence-electron chi connectivity index (χ4n) is 2.92. The molecule has 0 aromatic heterocycles. The average molecular weight is 324 g/mol. The van der Waals surface area contributed by atoms with Crippen molar-refractivity contribution in [3.05, 3.63) is 23.8 Å². The zero-order chi connectivity index (χ0) is 17.1. The Balaban J connectivity index is 2.86. The summed E-state index contributed by atoms with van der Waals surface area (Å²) in [5.41, 5.74) is 0.509. The Morgan fingerprint density at radius 1 is 0.870 bits per heavy atom. The SMILES string of the molecule is CCCCCCCCC(OCC)(OCC)c1cccc(O)c1O. The van der Waals surface area contributed by atoms with Crippen LogP contribution in [0.1, 0.15) is 71.3 Å². The third-order valence-electron chi connectivity index (χ3n) is 4.04. The van der Waals surface area contributed by atoms with Crippen LogP contribution < -0.4 is 0 Å². The number of ether oxygens (including phenoxy) is 2. The number of aromatic hydroxyl groups is 2. The Hall–Kier alpha value is -1.26. The molecule has 0 heterocycles. The van der Waals surface area contributed by atoms with Crippen molar-refractivity contribution in [1.82, 2.24) is 0 Å². The molecule has 0 amide bonds. The van der Waals surface area contributed by atoms with Gasteiger partial charge in [-0.1, -0.05) is 45.1 Å². The highest BCUT2D eigenvalue weighted by Crippen LogP contribution is 2.42. The molecule has 0 spiro atoms. The van der Waals surface area contributed by atoms with Gasteiger partial charge in [-0.15, -0.1) is 0 Å². The third-order valence-corrected chi connectivity index (χ3v) is 4.04. The van der Waals surface area contributed by atoms with Crippen molar-refractivity contribution in [2.24, 2.45) is 0 Å². The minimum Gasteiger partial charge on any atom is -0.504 e. The fraction of sp³-hybridized carbons (Fsp3) is 0.684. The molecule has 0 aliphatic heterocycles. The molecule has 0 fully saturated rings. The van der Waals surface area contributed by atoms with E-state index in [0.717, 1.165) is 12.8 Å². The first-order valence-electron chi connectivity index (χ1n) is 8.90. The maximum absolute atomic E-state index is 10.2. The van der Waals surface area contributed by atoms with Crippen molar-refractivity contribution in [2.75, 3.05) is 13.2 Å². The van der Waals surface area contributed by atoms with Gasteiger partial charge in [-0.2, -0.15) is 0 Å². The van der Waals surface area contributed by atoms with E-state index in [4.69, 9.17) is 9.47 Å². The maximum Gasteiger partial charge on any atom is 0.198 e. The lowest BCUT2D eigenvalue weighted by atomic mass is 9.96. The van der Waals surface area contributed by atoms with Crippen LogP contribution in [-0.2, 0) is 15.3 Å². The zero-order valence-corrected chi connectivity index (χ0v) is 14.8. The van der Waals surface area contributed by atoms with Crippen molar-refractivity contribution < 1.29 is 19.7 Å². The van der Waals surface area contributed by atoms with E-state index in [1.807, 2.05) is 13.8 Å². The van der Waals surface area contributed by atoms with Gasteiger partial charge < -0.3 is 19.7 Å². The van der Waals surface area contributed by atoms with Crippen molar-refractivity contribution in [1.29, 1.82) is 0 Å². The highest BCUT2D eigenvalue weighted by molar-refractivity contribution is 5.46. The summed E-state index contributed by atoms with van der Waals surface area (Å²) in [6.07, 6.45) is 7.70. The molecule has 4 heteroatoms. The maximum atomic E-state index is 10.2. The van der Waals surface area contributed by atoms with E-state index in [1.165, 1.54) is 31.7 Å². The predicted octanol–water partition coefficient (Wildman–Crippen LogP) is 5.07. The Kier molecular flexibility index (Phi) is 9.03. The molecule has 0 saturated carbocycles. The number of unbranched alkanes of at least 4 members (excludes halogenated alkanes) is 5. The Morgan fingerprint density at radius 2 is 1.48 bits per heavy atom. The molecule has 1 aromatic carbocycles. The van der Waals surface area contributed by atoms with Gasteiger partial charge in [0.25, 0.3) is 0 Å². The summed E-state index contributed by atoms with van der Waals surface area (Å²) in [4.78, 5) is 0. The molecule has 0 aliphatic rings. The molecular formula is C19H32O4. The summed E-state index contributed by atoms with van der Waals surface area (Å²) in [6.45, 7) is 6.99. The van der Waals surface area contributed by atoms with Crippen LogP contribution in [-0.4, -0.2) is 23.4 Å². The molecular weight excluding hydrogens is 292 g/mol. The van der Waals surface area contributed by atoms with Crippen molar-refractivity contribution in [3.8, 4) is 11.5 Å². The number of hydrogen-bond acceptors (Lipinski definition) is 4. The van der Waals surface area contributed by atoms with Crippen LogP contribution in [0.3, 0.4) is 0 Å². The van der Waals surface area contributed by atoms with Gasteiger partial charge in [0.15, 0.2) is 17.3 Å². The van der Waals surface area contributed by atoms with E-state index < -0.39 is 5.79 Å². The number of phenols is 2. The molecule has 2 N–H and O–H groups in total. The minimum absolute atomic E-state index is 0.144. The Morgan fingerprint density at radius 3 is 2.09 bits per heavy atom. The first-order valence-corrected chi connectivity index (χ1v) is 8.90. The number of hydrogen-bond donors (Lipinski definition) is 2. The third kappa shape index (κ3) is 5.70. The highest BCUT2D eigenvalue weighted by atomic mass is 16.7. The van der Waals surface area contributed by atoms with Crippen molar-refractivity contribution in [3.63, 3.8) is 0 Å². The molecule has 0 radical (unpaired) electrons. The summed E-state index contributed by atoms with van der Waals surface area (Å²) < 4.78 is 11.9. The second-order valence-electron chi connectivity index (χ2n) is 5.81.